The number of hydrogen-bond donors (Lipinski definition) is 0. The highest BCUT2D eigenvalue weighted by molar-refractivity contribution is 7.89. The number of sulfonamides is 1. The lowest BCUT2D eigenvalue weighted by Crippen LogP contribution is -2.35. The van der Waals surface area contributed by atoms with Crippen molar-refractivity contribution in [3.63, 3.8) is 0 Å². The summed E-state index contributed by atoms with van der Waals surface area (Å²) in [7, 11) is -3.46. The van der Waals surface area contributed by atoms with E-state index in [1.54, 1.807) is 42.6 Å². The predicted octanol–water partition coefficient (Wildman–Crippen LogP) is 3.20. The third kappa shape index (κ3) is 5.28. The van der Waals surface area contributed by atoms with Crippen LogP contribution in [0.3, 0.4) is 0 Å². The zero-order valence-corrected chi connectivity index (χ0v) is 16.4. The van der Waals surface area contributed by atoms with Crippen molar-refractivity contribution in [3.05, 3.63) is 58.9 Å². The summed E-state index contributed by atoms with van der Waals surface area (Å²) in [6.45, 7) is 1.25. The van der Waals surface area contributed by atoms with Gasteiger partial charge in [0.05, 0.1) is 11.3 Å². The molecule has 8 heteroatoms. The van der Waals surface area contributed by atoms with E-state index in [9.17, 15) is 13.2 Å². The average molecular weight is 409 g/mol. The lowest BCUT2D eigenvalue weighted by molar-refractivity contribution is -0.144. The van der Waals surface area contributed by atoms with Crippen LogP contribution in [0.15, 0.2) is 47.5 Å². The summed E-state index contributed by atoms with van der Waals surface area (Å²) in [6, 6.07) is 9.78. The number of carbonyl (C=O) groups is 1. The highest BCUT2D eigenvalue weighted by Gasteiger charge is 2.25. The maximum Gasteiger partial charge on any atom is 0.310 e. The number of benzene rings is 1. The maximum absolute atomic E-state index is 12.6. The summed E-state index contributed by atoms with van der Waals surface area (Å²) in [5, 5.41) is 0.379. The molecule has 0 spiro atoms. The van der Waals surface area contributed by atoms with Crippen LogP contribution in [0.4, 0.5) is 0 Å². The Morgan fingerprint density at radius 3 is 2.33 bits per heavy atom. The molecule has 1 saturated heterocycles. The number of nitrogens with zero attached hydrogens (tertiary/aromatic N) is 2. The first-order valence-corrected chi connectivity index (χ1v) is 10.6. The Hall–Kier alpha value is -1.96. The van der Waals surface area contributed by atoms with E-state index >= 15 is 0 Å². The van der Waals surface area contributed by atoms with E-state index in [1.165, 1.54) is 4.31 Å². The van der Waals surface area contributed by atoms with E-state index in [2.05, 4.69) is 4.98 Å². The monoisotopic (exact) mass is 408 g/mol. The summed E-state index contributed by atoms with van der Waals surface area (Å²) in [4.78, 5) is 16.2. The Bertz CT molecular complexity index is 877. The first-order chi connectivity index (χ1) is 12.9. The SMILES string of the molecule is O=C(Cc1ccc(S(=O)(=O)N2CCCCC2)cc1)OCc1ccc(Cl)nc1. The summed E-state index contributed by atoms with van der Waals surface area (Å²) >= 11 is 5.71. The summed E-state index contributed by atoms with van der Waals surface area (Å²) in [6.07, 6.45) is 4.48. The third-order valence-corrected chi connectivity index (χ3v) is 6.55. The minimum Gasteiger partial charge on any atom is -0.460 e. The number of hydrogen-bond acceptors (Lipinski definition) is 5. The van der Waals surface area contributed by atoms with Crippen molar-refractivity contribution in [1.82, 2.24) is 9.29 Å². The number of pyridine rings is 1. The van der Waals surface area contributed by atoms with E-state index < -0.39 is 16.0 Å². The van der Waals surface area contributed by atoms with Gasteiger partial charge in [-0.2, -0.15) is 4.31 Å². The minimum atomic E-state index is -3.46. The van der Waals surface area contributed by atoms with Crippen LogP contribution >= 0.6 is 11.6 Å². The molecule has 27 heavy (non-hydrogen) atoms. The van der Waals surface area contributed by atoms with Crippen LogP contribution in [0.1, 0.15) is 30.4 Å². The van der Waals surface area contributed by atoms with Gasteiger partial charge in [0.1, 0.15) is 11.8 Å². The van der Waals surface area contributed by atoms with Gasteiger partial charge < -0.3 is 4.74 Å². The predicted molar refractivity (Wildman–Crippen MR) is 102 cm³/mol. The van der Waals surface area contributed by atoms with Crippen molar-refractivity contribution >= 4 is 27.6 Å². The van der Waals surface area contributed by atoms with Crippen LogP contribution in [0.2, 0.25) is 5.15 Å². The van der Waals surface area contributed by atoms with E-state index in [1.807, 2.05) is 0 Å². The van der Waals surface area contributed by atoms with Crippen molar-refractivity contribution in [2.24, 2.45) is 0 Å². The highest BCUT2D eigenvalue weighted by Crippen LogP contribution is 2.21. The highest BCUT2D eigenvalue weighted by atomic mass is 35.5. The van der Waals surface area contributed by atoms with Crippen LogP contribution in [0.25, 0.3) is 0 Å². The second-order valence-electron chi connectivity index (χ2n) is 6.44. The Balaban J connectivity index is 1.56. The number of ether oxygens (including phenoxy) is 1. The molecule has 1 aromatic carbocycles. The lowest BCUT2D eigenvalue weighted by atomic mass is 10.1. The Labute approximate surface area is 164 Å². The molecule has 0 atom stereocenters. The van der Waals surface area contributed by atoms with Gasteiger partial charge in [0.15, 0.2) is 0 Å². The molecule has 0 saturated carbocycles. The fraction of sp³-hybridized carbons (Fsp3) is 0.368. The normalized spacial score (nSPS) is 15.4. The molecular weight excluding hydrogens is 388 g/mol. The fourth-order valence-corrected chi connectivity index (χ4v) is 4.54. The maximum atomic E-state index is 12.6. The molecule has 2 heterocycles. The van der Waals surface area contributed by atoms with Crippen LogP contribution in [-0.4, -0.2) is 36.8 Å². The molecule has 3 rings (SSSR count). The van der Waals surface area contributed by atoms with Crippen molar-refractivity contribution in [1.29, 1.82) is 0 Å². The molecule has 0 N–H and O–H groups in total. The largest absolute Gasteiger partial charge is 0.460 e. The van der Waals surface area contributed by atoms with Gasteiger partial charge in [-0.05, 0) is 36.6 Å². The molecule has 0 amide bonds. The quantitative estimate of drug-likeness (QED) is 0.542. The van der Waals surface area contributed by atoms with Crippen LogP contribution in [0, 0.1) is 0 Å². The summed E-state index contributed by atoms with van der Waals surface area (Å²) < 4.78 is 32.0. The topological polar surface area (TPSA) is 76.6 Å². The zero-order valence-electron chi connectivity index (χ0n) is 14.8. The van der Waals surface area contributed by atoms with Gasteiger partial charge in [0.25, 0.3) is 0 Å². The molecule has 0 radical (unpaired) electrons. The minimum absolute atomic E-state index is 0.0745. The average Bonchev–Trinajstić information content (AvgIpc) is 2.69. The standard InChI is InChI=1S/C19H21ClN2O4S/c20-18-9-6-16(13-21-18)14-26-19(23)12-15-4-7-17(8-5-15)27(24,25)22-10-2-1-3-11-22/h4-9,13H,1-3,10-12,14H2. The zero-order chi connectivity index (χ0) is 19.3. The van der Waals surface area contributed by atoms with Crippen LogP contribution < -0.4 is 0 Å². The Morgan fingerprint density at radius 1 is 1.04 bits per heavy atom. The van der Waals surface area contributed by atoms with E-state index in [0.717, 1.165) is 24.8 Å². The second-order valence-corrected chi connectivity index (χ2v) is 8.76. The van der Waals surface area contributed by atoms with Gasteiger partial charge >= 0.3 is 5.97 Å². The first kappa shape index (κ1) is 19.8. The molecule has 0 aliphatic carbocycles. The molecule has 0 bridgehead atoms. The summed E-state index contributed by atoms with van der Waals surface area (Å²) in [5.74, 6) is -0.392. The molecule has 6 nitrogen and oxygen atoms in total. The van der Waals surface area contributed by atoms with Gasteiger partial charge in [-0.3, -0.25) is 4.79 Å². The first-order valence-electron chi connectivity index (χ1n) is 8.80. The van der Waals surface area contributed by atoms with Gasteiger partial charge in [-0.1, -0.05) is 36.2 Å². The molecule has 0 unspecified atom stereocenters. The summed E-state index contributed by atoms with van der Waals surface area (Å²) in [5.41, 5.74) is 1.45. The van der Waals surface area contributed by atoms with Crippen molar-refractivity contribution in [2.45, 2.75) is 37.2 Å². The molecule has 2 aromatic rings. The van der Waals surface area contributed by atoms with Crippen LogP contribution in [0.5, 0.6) is 0 Å². The fourth-order valence-electron chi connectivity index (χ4n) is 2.91. The van der Waals surface area contributed by atoms with E-state index in [4.69, 9.17) is 16.3 Å². The molecular formula is C19H21ClN2O4S. The number of esters is 1. The van der Waals surface area contributed by atoms with Crippen molar-refractivity contribution in [3.8, 4) is 0 Å². The number of piperidine rings is 1. The molecule has 1 aliphatic rings. The number of halogens is 1. The molecule has 1 aliphatic heterocycles. The van der Waals surface area contributed by atoms with Gasteiger partial charge in [-0.15, -0.1) is 0 Å². The smallest absolute Gasteiger partial charge is 0.310 e. The van der Waals surface area contributed by atoms with E-state index in [-0.39, 0.29) is 17.9 Å². The van der Waals surface area contributed by atoms with Gasteiger partial charge in [0, 0.05) is 24.8 Å². The Kier molecular flexibility index (Phi) is 6.46. The lowest BCUT2D eigenvalue weighted by Gasteiger charge is -2.25. The van der Waals surface area contributed by atoms with Crippen molar-refractivity contribution < 1.29 is 17.9 Å². The number of carbonyl (C=O) groups excluding carboxylic acids is 1. The molecule has 1 aromatic heterocycles. The number of rotatable bonds is 6. The molecule has 1 fully saturated rings. The van der Waals surface area contributed by atoms with Crippen molar-refractivity contribution in [2.75, 3.05) is 13.1 Å². The van der Waals surface area contributed by atoms with Gasteiger partial charge in [0.2, 0.25) is 10.0 Å². The number of aromatic nitrogens is 1. The van der Waals surface area contributed by atoms with E-state index in [0.29, 0.717) is 23.8 Å². The second kappa shape index (κ2) is 8.82. The van der Waals surface area contributed by atoms with Gasteiger partial charge in [-0.25, -0.2) is 13.4 Å². The molecule has 144 valence electrons. The van der Waals surface area contributed by atoms with Crippen LogP contribution in [-0.2, 0) is 32.6 Å². The Morgan fingerprint density at radius 2 is 1.70 bits per heavy atom. The third-order valence-electron chi connectivity index (χ3n) is 4.41.